The van der Waals surface area contributed by atoms with Crippen LogP contribution >= 0.6 is 0 Å². The lowest BCUT2D eigenvalue weighted by atomic mass is 10.1. The number of carbonyl (C=O) groups is 2. The Labute approximate surface area is 170 Å². The molecule has 0 aliphatic carbocycles. The minimum Gasteiger partial charge on any atom is -0.491 e. The fraction of sp³-hybridized carbons (Fsp3) is 0.333. The molecular formula is C21H19F3N2O4. The highest BCUT2D eigenvalue weighted by molar-refractivity contribution is 6.00. The van der Waals surface area contributed by atoms with Crippen molar-refractivity contribution in [2.45, 2.75) is 31.5 Å². The fourth-order valence-corrected chi connectivity index (χ4v) is 3.61. The quantitative estimate of drug-likeness (QED) is 0.812. The van der Waals surface area contributed by atoms with Crippen molar-refractivity contribution in [3.8, 4) is 17.2 Å². The number of halogens is 3. The van der Waals surface area contributed by atoms with Crippen molar-refractivity contribution in [2.75, 3.05) is 19.0 Å². The highest BCUT2D eigenvalue weighted by atomic mass is 19.4. The second-order valence-electron chi connectivity index (χ2n) is 7.23. The summed E-state index contributed by atoms with van der Waals surface area (Å²) in [5.74, 6) is 0.726. The van der Waals surface area contributed by atoms with Gasteiger partial charge in [0.15, 0.2) is 0 Å². The van der Waals surface area contributed by atoms with E-state index in [9.17, 15) is 22.8 Å². The minimum atomic E-state index is -4.42. The van der Waals surface area contributed by atoms with Crippen LogP contribution in [0.4, 0.5) is 18.9 Å². The molecule has 1 N–H and O–H groups in total. The van der Waals surface area contributed by atoms with Crippen molar-refractivity contribution >= 4 is 17.5 Å². The average Bonchev–Trinajstić information content (AvgIpc) is 3.28. The van der Waals surface area contributed by atoms with Gasteiger partial charge in [-0.3, -0.25) is 9.59 Å². The molecule has 4 rings (SSSR count). The van der Waals surface area contributed by atoms with Gasteiger partial charge in [0.25, 0.3) is 0 Å². The van der Waals surface area contributed by atoms with Crippen LogP contribution in [-0.2, 0) is 22.2 Å². The summed E-state index contributed by atoms with van der Waals surface area (Å²) >= 11 is 0. The summed E-state index contributed by atoms with van der Waals surface area (Å²) < 4.78 is 49.5. The van der Waals surface area contributed by atoms with E-state index < -0.39 is 17.8 Å². The topological polar surface area (TPSA) is 67.9 Å². The van der Waals surface area contributed by atoms with E-state index in [1.807, 2.05) is 0 Å². The van der Waals surface area contributed by atoms with Gasteiger partial charge >= 0.3 is 6.18 Å². The van der Waals surface area contributed by atoms with Crippen LogP contribution in [0, 0.1) is 0 Å². The number of hydrogen-bond donors (Lipinski definition) is 1. The van der Waals surface area contributed by atoms with E-state index in [4.69, 9.17) is 9.47 Å². The van der Waals surface area contributed by atoms with E-state index in [0.717, 1.165) is 17.7 Å². The summed E-state index contributed by atoms with van der Waals surface area (Å²) in [7, 11) is 1.59. The van der Waals surface area contributed by atoms with Crippen LogP contribution in [-0.4, -0.2) is 36.4 Å². The molecule has 0 radical (unpaired) electrons. The number of ether oxygens (including phenoxy) is 2. The number of benzene rings is 2. The van der Waals surface area contributed by atoms with E-state index in [-0.39, 0.29) is 17.6 Å². The zero-order chi connectivity index (χ0) is 21.5. The predicted octanol–water partition coefficient (Wildman–Crippen LogP) is 3.99. The third-order valence-corrected chi connectivity index (χ3v) is 5.23. The minimum absolute atomic E-state index is 0.0870. The Morgan fingerprint density at radius 3 is 2.53 bits per heavy atom. The molecule has 2 amide bonds. The number of alkyl halides is 3. The van der Waals surface area contributed by atoms with Crippen LogP contribution in [0.5, 0.6) is 17.2 Å². The average molecular weight is 420 g/mol. The predicted molar refractivity (Wildman–Crippen MR) is 102 cm³/mol. The standard InChI is InChI=1S/C21H19F3N2O4/c1-26-17(6-7-18(26)27)20(28)25-16-11-15(10-12-8-9-29-19(12)16)30-14-4-2-13(3-5-14)21(22,23)24/h2-5,10-11,17H,6-9H2,1H3,(H,25,28). The Kier molecular flexibility index (Phi) is 5.05. The molecule has 2 aromatic rings. The van der Waals surface area contributed by atoms with E-state index in [1.165, 1.54) is 17.0 Å². The number of carbonyl (C=O) groups excluding carboxylic acids is 2. The van der Waals surface area contributed by atoms with E-state index in [1.54, 1.807) is 19.2 Å². The third-order valence-electron chi connectivity index (χ3n) is 5.23. The molecule has 0 saturated carbocycles. The van der Waals surface area contributed by atoms with Crippen molar-refractivity contribution in [3.05, 3.63) is 47.5 Å². The van der Waals surface area contributed by atoms with Crippen LogP contribution in [0.2, 0.25) is 0 Å². The van der Waals surface area contributed by atoms with Crippen LogP contribution < -0.4 is 14.8 Å². The number of likely N-dealkylation sites (N-methyl/N-ethyl adjacent to an activating group) is 1. The SMILES string of the molecule is CN1C(=O)CCC1C(=O)Nc1cc(Oc2ccc(C(F)(F)F)cc2)cc2c1OCC2. The Morgan fingerprint density at radius 1 is 1.17 bits per heavy atom. The molecule has 1 fully saturated rings. The fourth-order valence-electron chi connectivity index (χ4n) is 3.61. The Bertz CT molecular complexity index is 989. The number of amides is 2. The van der Waals surface area contributed by atoms with Crippen LogP contribution in [0.3, 0.4) is 0 Å². The molecule has 6 nitrogen and oxygen atoms in total. The van der Waals surface area contributed by atoms with Gasteiger partial charge in [0.1, 0.15) is 23.3 Å². The van der Waals surface area contributed by atoms with Gasteiger partial charge in [0, 0.05) is 31.5 Å². The van der Waals surface area contributed by atoms with E-state index >= 15 is 0 Å². The van der Waals surface area contributed by atoms with Gasteiger partial charge in [0.05, 0.1) is 17.9 Å². The second-order valence-corrected chi connectivity index (χ2v) is 7.23. The Morgan fingerprint density at radius 2 is 1.90 bits per heavy atom. The van der Waals surface area contributed by atoms with Crippen molar-refractivity contribution < 1.29 is 32.2 Å². The molecule has 2 aliphatic heterocycles. The monoisotopic (exact) mass is 420 g/mol. The first-order valence-electron chi connectivity index (χ1n) is 9.44. The summed E-state index contributed by atoms with van der Waals surface area (Å²) in [6.45, 7) is 0.448. The molecule has 0 bridgehead atoms. The van der Waals surface area contributed by atoms with Crippen LogP contribution in [0.15, 0.2) is 36.4 Å². The summed E-state index contributed by atoms with van der Waals surface area (Å²) in [6.07, 6.45) is -3.05. The maximum absolute atomic E-state index is 12.7. The number of nitrogens with one attached hydrogen (secondary N) is 1. The second kappa shape index (κ2) is 7.55. The molecule has 1 atom stereocenters. The summed E-state index contributed by atoms with van der Waals surface area (Å²) in [6, 6.07) is 7.11. The molecule has 2 aliphatic rings. The number of anilines is 1. The zero-order valence-corrected chi connectivity index (χ0v) is 16.1. The van der Waals surface area contributed by atoms with Crippen molar-refractivity contribution in [1.29, 1.82) is 0 Å². The first kappa shape index (κ1) is 20.1. The van der Waals surface area contributed by atoms with Gasteiger partial charge in [-0.15, -0.1) is 0 Å². The molecule has 2 heterocycles. The lowest BCUT2D eigenvalue weighted by Crippen LogP contribution is -2.38. The lowest BCUT2D eigenvalue weighted by Gasteiger charge is -2.20. The van der Waals surface area contributed by atoms with Crippen molar-refractivity contribution in [1.82, 2.24) is 4.90 Å². The molecule has 2 aromatic carbocycles. The summed E-state index contributed by atoms with van der Waals surface area (Å²) in [5, 5.41) is 2.80. The normalized spacial score (nSPS) is 18.2. The lowest BCUT2D eigenvalue weighted by molar-refractivity contribution is -0.137. The summed E-state index contributed by atoms with van der Waals surface area (Å²) in [5.41, 5.74) is 0.468. The molecule has 158 valence electrons. The first-order valence-corrected chi connectivity index (χ1v) is 9.44. The number of likely N-dealkylation sites (tertiary alicyclic amines) is 1. The van der Waals surface area contributed by atoms with Gasteiger partial charge in [-0.25, -0.2) is 0 Å². The maximum atomic E-state index is 12.7. The maximum Gasteiger partial charge on any atom is 0.416 e. The van der Waals surface area contributed by atoms with E-state index in [0.29, 0.717) is 43.1 Å². The molecular weight excluding hydrogens is 401 g/mol. The highest BCUT2D eigenvalue weighted by Gasteiger charge is 2.34. The Balaban J connectivity index is 1.56. The molecule has 0 aromatic heterocycles. The number of hydrogen-bond acceptors (Lipinski definition) is 4. The smallest absolute Gasteiger partial charge is 0.416 e. The van der Waals surface area contributed by atoms with Gasteiger partial charge in [-0.1, -0.05) is 0 Å². The van der Waals surface area contributed by atoms with E-state index in [2.05, 4.69) is 5.32 Å². The largest absolute Gasteiger partial charge is 0.491 e. The highest BCUT2D eigenvalue weighted by Crippen LogP contribution is 2.40. The molecule has 30 heavy (non-hydrogen) atoms. The van der Waals surface area contributed by atoms with Gasteiger partial charge < -0.3 is 19.7 Å². The van der Waals surface area contributed by atoms with Crippen molar-refractivity contribution in [3.63, 3.8) is 0 Å². The first-order chi connectivity index (χ1) is 14.2. The van der Waals surface area contributed by atoms with Crippen molar-refractivity contribution in [2.24, 2.45) is 0 Å². The number of fused-ring (bicyclic) bond motifs is 1. The molecule has 0 spiro atoms. The molecule has 1 saturated heterocycles. The number of rotatable bonds is 4. The number of nitrogens with zero attached hydrogens (tertiary/aromatic N) is 1. The summed E-state index contributed by atoms with van der Waals surface area (Å²) in [4.78, 5) is 25.8. The molecule has 1 unspecified atom stereocenters. The third kappa shape index (κ3) is 3.92. The van der Waals surface area contributed by atoms with Gasteiger partial charge in [-0.2, -0.15) is 13.2 Å². The van der Waals surface area contributed by atoms with Gasteiger partial charge in [-0.05, 0) is 36.8 Å². The zero-order valence-electron chi connectivity index (χ0n) is 16.1. The molecule has 9 heteroatoms. The van der Waals surface area contributed by atoms with Gasteiger partial charge in [0.2, 0.25) is 11.8 Å². The van der Waals surface area contributed by atoms with Crippen LogP contribution in [0.1, 0.15) is 24.0 Å². The Hall–Kier alpha value is -3.23. The van der Waals surface area contributed by atoms with Crippen LogP contribution in [0.25, 0.3) is 0 Å².